The Labute approximate surface area is 229 Å². The van der Waals surface area contributed by atoms with Crippen LogP contribution in [-0.4, -0.2) is 17.9 Å². The van der Waals surface area contributed by atoms with Crippen LogP contribution in [0, 0.1) is 6.92 Å². The third kappa shape index (κ3) is 6.44. The second kappa shape index (κ2) is 11.8. The lowest BCUT2D eigenvalue weighted by molar-refractivity contribution is -0.117. The first-order valence-corrected chi connectivity index (χ1v) is 13.3. The van der Waals surface area contributed by atoms with Crippen molar-refractivity contribution in [3.63, 3.8) is 0 Å². The number of hydrogen-bond donors (Lipinski definition) is 1. The van der Waals surface area contributed by atoms with Crippen molar-refractivity contribution in [2.45, 2.75) is 39.3 Å². The van der Waals surface area contributed by atoms with Gasteiger partial charge in [-0.05, 0) is 73.7 Å². The maximum Gasteiger partial charge on any atom is 0.294 e. The summed E-state index contributed by atoms with van der Waals surface area (Å²) in [7, 11) is 0. The number of nitrogens with zero attached hydrogens (tertiary/aromatic N) is 1. The molecular weight excluding hydrogens is 484 g/mol. The van der Waals surface area contributed by atoms with Crippen molar-refractivity contribution in [1.82, 2.24) is 5.32 Å². The minimum Gasteiger partial charge on any atom is -0.449 e. The van der Waals surface area contributed by atoms with E-state index >= 15 is 0 Å². The molecule has 0 aliphatic carbocycles. The molecule has 0 saturated carbocycles. The standard InChI is InChI=1S/C34H32N2O3/c1-24-9-8-12-28(21-24)23-36-30-13-6-7-14-31(30)39-32(34(36)38)22-27-17-19-29(20-18-27)33(37)35-25(2)15-16-26-10-4-3-5-11-26/h3-14,17-22,25H,15-16,23H2,1-2H3,(H,35,37)/b32-22+. The number of anilines is 1. The van der Waals surface area contributed by atoms with Gasteiger partial charge in [-0.3, -0.25) is 14.5 Å². The monoisotopic (exact) mass is 516 g/mol. The molecule has 0 saturated heterocycles. The second-order valence-electron chi connectivity index (χ2n) is 9.98. The lowest BCUT2D eigenvalue weighted by Gasteiger charge is -2.30. The molecule has 1 atom stereocenters. The van der Waals surface area contributed by atoms with Crippen LogP contribution in [-0.2, 0) is 17.8 Å². The number of carbonyl (C=O) groups excluding carboxylic acids is 2. The van der Waals surface area contributed by atoms with Crippen LogP contribution >= 0.6 is 0 Å². The summed E-state index contributed by atoms with van der Waals surface area (Å²) >= 11 is 0. The summed E-state index contributed by atoms with van der Waals surface area (Å²) in [5, 5.41) is 3.08. The summed E-state index contributed by atoms with van der Waals surface area (Å²) in [5.74, 6) is 0.562. The number of aryl methyl sites for hydroxylation is 2. The average Bonchev–Trinajstić information content (AvgIpc) is 2.95. The fourth-order valence-corrected chi connectivity index (χ4v) is 4.70. The van der Waals surface area contributed by atoms with Gasteiger partial charge < -0.3 is 10.1 Å². The fraction of sp³-hybridized carbons (Fsp3) is 0.176. The van der Waals surface area contributed by atoms with Crippen molar-refractivity contribution in [2.24, 2.45) is 0 Å². The Morgan fingerprint density at radius 3 is 2.38 bits per heavy atom. The van der Waals surface area contributed by atoms with E-state index in [0.29, 0.717) is 17.9 Å². The number of nitrogens with one attached hydrogen (secondary N) is 1. The van der Waals surface area contributed by atoms with Crippen LogP contribution in [0.5, 0.6) is 5.75 Å². The van der Waals surface area contributed by atoms with Crippen molar-refractivity contribution < 1.29 is 14.3 Å². The Morgan fingerprint density at radius 2 is 1.62 bits per heavy atom. The Bertz CT molecular complexity index is 1490. The van der Waals surface area contributed by atoms with E-state index in [1.807, 2.05) is 86.6 Å². The minimum absolute atomic E-state index is 0.0483. The number of rotatable bonds is 8. The number of hydrogen-bond acceptors (Lipinski definition) is 3. The van der Waals surface area contributed by atoms with Gasteiger partial charge in [0.15, 0.2) is 11.5 Å². The molecule has 0 radical (unpaired) electrons. The van der Waals surface area contributed by atoms with E-state index in [-0.39, 0.29) is 23.6 Å². The van der Waals surface area contributed by atoms with Crippen LogP contribution in [0.15, 0.2) is 109 Å². The largest absolute Gasteiger partial charge is 0.449 e. The van der Waals surface area contributed by atoms with E-state index in [1.165, 1.54) is 5.56 Å². The molecule has 1 N–H and O–H groups in total. The minimum atomic E-state index is -0.204. The predicted octanol–water partition coefficient (Wildman–Crippen LogP) is 6.71. The molecule has 196 valence electrons. The Hall–Kier alpha value is -4.64. The number of ether oxygens (including phenoxy) is 1. The van der Waals surface area contributed by atoms with Gasteiger partial charge >= 0.3 is 0 Å². The molecule has 1 heterocycles. The van der Waals surface area contributed by atoms with E-state index < -0.39 is 0 Å². The van der Waals surface area contributed by atoms with Gasteiger partial charge in [-0.15, -0.1) is 0 Å². The number of amides is 2. The third-order valence-corrected chi connectivity index (χ3v) is 6.81. The molecule has 4 aromatic carbocycles. The zero-order valence-electron chi connectivity index (χ0n) is 22.3. The van der Waals surface area contributed by atoms with E-state index in [2.05, 4.69) is 23.5 Å². The number of fused-ring (bicyclic) bond motifs is 1. The highest BCUT2D eigenvalue weighted by Crippen LogP contribution is 2.36. The molecule has 0 spiro atoms. The molecule has 2 amide bonds. The zero-order chi connectivity index (χ0) is 27.2. The third-order valence-electron chi connectivity index (χ3n) is 6.81. The second-order valence-corrected chi connectivity index (χ2v) is 9.98. The van der Waals surface area contributed by atoms with Crippen molar-refractivity contribution in [3.8, 4) is 5.75 Å². The van der Waals surface area contributed by atoms with Crippen LogP contribution in [0.1, 0.15) is 46.0 Å². The molecule has 1 unspecified atom stereocenters. The Morgan fingerprint density at radius 1 is 0.897 bits per heavy atom. The van der Waals surface area contributed by atoms with Crippen molar-refractivity contribution in [3.05, 3.63) is 137 Å². The quantitative estimate of drug-likeness (QED) is 0.265. The average molecular weight is 517 g/mol. The van der Waals surface area contributed by atoms with Crippen LogP contribution in [0.2, 0.25) is 0 Å². The molecule has 4 aromatic rings. The molecule has 5 nitrogen and oxygen atoms in total. The van der Waals surface area contributed by atoms with Gasteiger partial charge in [-0.1, -0.05) is 84.4 Å². The molecule has 5 heteroatoms. The molecule has 1 aliphatic heterocycles. The maximum absolute atomic E-state index is 13.5. The molecule has 39 heavy (non-hydrogen) atoms. The molecular formula is C34H32N2O3. The van der Waals surface area contributed by atoms with Gasteiger partial charge in [0.25, 0.3) is 11.8 Å². The highest BCUT2D eigenvalue weighted by molar-refractivity contribution is 6.09. The van der Waals surface area contributed by atoms with Gasteiger partial charge in [0.05, 0.1) is 12.2 Å². The molecule has 0 bridgehead atoms. The SMILES string of the molecule is Cc1cccc(CN2C(=O)/C(=C\c3ccc(C(=O)NC(C)CCc4ccccc4)cc3)Oc3ccccc32)c1. The molecule has 5 rings (SSSR count). The van der Waals surface area contributed by atoms with Crippen LogP contribution in [0.3, 0.4) is 0 Å². The van der Waals surface area contributed by atoms with Crippen molar-refractivity contribution >= 4 is 23.6 Å². The number of benzene rings is 4. The van der Waals surface area contributed by atoms with E-state index in [4.69, 9.17) is 4.74 Å². The van der Waals surface area contributed by atoms with Crippen molar-refractivity contribution in [2.75, 3.05) is 4.90 Å². The van der Waals surface area contributed by atoms with E-state index in [9.17, 15) is 9.59 Å². The summed E-state index contributed by atoms with van der Waals surface area (Å²) in [6, 6.07) is 33.2. The van der Waals surface area contributed by atoms with Gasteiger partial charge in [0.2, 0.25) is 0 Å². The van der Waals surface area contributed by atoms with Crippen LogP contribution in [0.25, 0.3) is 6.08 Å². The lowest BCUT2D eigenvalue weighted by Crippen LogP contribution is -2.36. The van der Waals surface area contributed by atoms with E-state index in [1.54, 1.807) is 23.1 Å². The highest BCUT2D eigenvalue weighted by Gasteiger charge is 2.30. The zero-order valence-corrected chi connectivity index (χ0v) is 22.3. The molecule has 0 aromatic heterocycles. The smallest absolute Gasteiger partial charge is 0.294 e. The molecule has 1 aliphatic rings. The van der Waals surface area contributed by atoms with Crippen LogP contribution < -0.4 is 15.0 Å². The summed E-state index contributed by atoms with van der Waals surface area (Å²) in [5.41, 5.74) is 5.55. The first-order chi connectivity index (χ1) is 19.0. The number of carbonyl (C=O) groups is 2. The fourth-order valence-electron chi connectivity index (χ4n) is 4.70. The number of para-hydroxylation sites is 2. The molecule has 0 fully saturated rings. The predicted molar refractivity (Wildman–Crippen MR) is 156 cm³/mol. The summed E-state index contributed by atoms with van der Waals surface area (Å²) < 4.78 is 6.02. The highest BCUT2D eigenvalue weighted by atomic mass is 16.5. The van der Waals surface area contributed by atoms with E-state index in [0.717, 1.165) is 35.2 Å². The first kappa shape index (κ1) is 26.0. The normalized spacial score (nSPS) is 14.5. The van der Waals surface area contributed by atoms with Gasteiger partial charge in [0, 0.05) is 11.6 Å². The topological polar surface area (TPSA) is 58.6 Å². The maximum atomic E-state index is 13.5. The Kier molecular flexibility index (Phi) is 7.88. The summed E-state index contributed by atoms with van der Waals surface area (Å²) in [6.45, 7) is 4.50. The lowest BCUT2D eigenvalue weighted by atomic mass is 10.1. The van der Waals surface area contributed by atoms with Gasteiger partial charge in [0.1, 0.15) is 0 Å². The van der Waals surface area contributed by atoms with Gasteiger partial charge in [-0.25, -0.2) is 0 Å². The Balaban J connectivity index is 1.28. The van der Waals surface area contributed by atoms with Crippen molar-refractivity contribution in [1.29, 1.82) is 0 Å². The first-order valence-electron chi connectivity index (χ1n) is 13.3. The summed E-state index contributed by atoms with van der Waals surface area (Å²) in [6.07, 6.45) is 3.50. The van der Waals surface area contributed by atoms with Crippen LogP contribution in [0.4, 0.5) is 5.69 Å². The van der Waals surface area contributed by atoms with Gasteiger partial charge in [-0.2, -0.15) is 0 Å². The summed E-state index contributed by atoms with van der Waals surface area (Å²) in [4.78, 5) is 28.0.